The minimum Gasteiger partial charge on any atom is -0.370 e. The third-order valence-electron chi connectivity index (χ3n) is 4.11. The molecule has 0 bridgehead atoms. The molecule has 4 heteroatoms. The van der Waals surface area contributed by atoms with E-state index < -0.39 is 0 Å². The zero-order valence-electron chi connectivity index (χ0n) is 14.1. The maximum atomic E-state index is 6.06. The van der Waals surface area contributed by atoms with Crippen molar-refractivity contribution < 1.29 is 9.26 Å². The molecule has 0 spiro atoms. The van der Waals surface area contributed by atoms with E-state index in [0.29, 0.717) is 24.2 Å². The van der Waals surface area contributed by atoms with Gasteiger partial charge in [0.05, 0.1) is 11.8 Å². The number of nitrogens with zero attached hydrogens (tertiary/aromatic N) is 1. The molecule has 2 unspecified atom stereocenters. The van der Waals surface area contributed by atoms with Crippen LogP contribution in [0.3, 0.4) is 0 Å². The second kappa shape index (κ2) is 6.93. The first-order valence-electron chi connectivity index (χ1n) is 8.13. The van der Waals surface area contributed by atoms with E-state index in [0.717, 1.165) is 36.8 Å². The zero-order chi connectivity index (χ0) is 15.5. The van der Waals surface area contributed by atoms with Crippen molar-refractivity contribution in [3.05, 3.63) is 17.5 Å². The van der Waals surface area contributed by atoms with Crippen LogP contribution in [0.1, 0.15) is 65.3 Å². The van der Waals surface area contributed by atoms with Crippen LogP contribution in [-0.4, -0.2) is 17.3 Å². The minimum atomic E-state index is 0.339. The van der Waals surface area contributed by atoms with Crippen LogP contribution in [0, 0.1) is 11.3 Å². The molecular formula is C17H30N2O2. The highest BCUT2D eigenvalue weighted by molar-refractivity contribution is 5.04. The van der Waals surface area contributed by atoms with Crippen molar-refractivity contribution in [2.75, 3.05) is 0 Å². The van der Waals surface area contributed by atoms with E-state index in [-0.39, 0.29) is 0 Å². The number of aromatic nitrogens is 1. The predicted molar refractivity (Wildman–Crippen MR) is 83.9 cm³/mol. The SMILES string of the molecule is CC1CC(OCc2cc(CNC(C)C)no2)CC(C)(C)C1. The van der Waals surface area contributed by atoms with Crippen LogP contribution in [0.5, 0.6) is 0 Å². The second-order valence-corrected chi connectivity index (χ2v) is 7.67. The molecule has 2 atom stereocenters. The lowest BCUT2D eigenvalue weighted by molar-refractivity contribution is -0.0380. The first-order chi connectivity index (χ1) is 9.84. The lowest BCUT2D eigenvalue weighted by Gasteiger charge is -2.38. The molecule has 1 N–H and O–H groups in total. The molecule has 1 aliphatic carbocycles. The zero-order valence-corrected chi connectivity index (χ0v) is 14.1. The first kappa shape index (κ1) is 16.5. The molecular weight excluding hydrogens is 264 g/mol. The van der Waals surface area contributed by atoms with Crippen molar-refractivity contribution in [3.8, 4) is 0 Å². The molecule has 0 amide bonds. The summed E-state index contributed by atoms with van der Waals surface area (Å²) < 4.78 is 11.4. The Labute approximate surface area is 128 Å². The molecule has 21 heavy (non-hydrogen) atoms. The summed E-state index contributed by atoms with van der Waals surface area (Å²) in [5.41, 5.74) is 1.33. The Balaban J connectivity index is 1.80. The molecule has 0 saturated heterocycles. The van der Waals surface area contributed by atoms with Gasteiger partial charge in [0.15, 0.2) is 5.76 Å². The van der Waals surface area contributed by atoms with Gasteiger partial charge in [0.25, 0.3) is 0 Å². The number of hydrogen-bond acceptors (Lipinski definition) is 4. The van der Waals surface area contributed by atoms with Crippen LogP contribution in [0.4, 0.5) is 0 Å². The molecule has 1 heterocycles. The molecule has 1 fully saturated rings. The van der Waals surface area contributed by atoms with Crippen LogP contribution in [0.2, 0.25) is 0 Å². The normalized spacial score (nSPS) is 25.4. The summed E-state index contributed by atoms with van der Waals surface area (Å²) in [4.78, 5) is 0. The summed E-state index contributed by atoms with van der Waals surface area (Å²) in [6.45, 7) is 12.5. The van der Waals surface area contributed by atoms with Crippen LogP contribution in [-0.2, 0) is 17.9 Å². The summed E-state index contributed by atoms with van der Waals surface area (Å²) in [5.74, 6) is 1.56. The van der Waals surface area contributed by atoms with Gasteiger partial charge in [-0.05, 0) is 30.6 Å². The van der Waals surface area contributed by atoms with Gasteiger partial charge in [-0.3, -0.25) is 0 Å². The Morgan fingerprint density at radius 3 is 2.86 bits per heavy atom. The van der Waals surface area contributed by atoms with E-state index in [1.165, 1.54) is 6.42 Å². The van der Waals surface area contributed by atoms with Gasteiger partial charge in [-0.2, -0.15) is 0 Å². The van der Waals surface area contributed by atoms with E-state index >= 15 is 0 Å². The average Bonchev–Trinajstić information content (AvgIpc) is 2.79. The van der Waals surface area contributed by atoms with Gasteiger partial charge in [0.2, 0.25) is 0 Å². The Morgan fingerprint density at radius 1 is 1.43 bits per heavy atom. The van der Waals surface area contributed by atoms with E-state index in [2.05, 4.69) is 45.1 Å². The average molecular weight is 294 g/mol. The van der Waals surface area contributed by atoms with E-state index in [4.69, 9.17) is 9.26 Å². The molecule has 0 aromatic carbocycles. The third-order valence-corrected chi connectivity index (χ3v) is 4.11. The summed E-state index contributed by atoms with van der Waals surface area (Å²) in [6.07, 6.45) is 3.92. The summed E-state index contributed by atoms with van der Waals surface area (Å²) in [7, 11) is 0. The fourth-order valence-corrected chi connectivity index (χ4v) is 3.40. The minimum absolute atomic E-state index is 0.339. The Hall–Kier alpha value is -0.870. The maximum absolute atomic E-state index is 6.06. The predicted octanol–water partition coefficient (Wildman–Crippen LogP) is 3.90. The van der Waals surface area contributed by atoms with Gasteiger partial charge >= 0.3 is 0 Å². The van der Waals surface area contributed by atoms with Gasteiger partial charge in [-0.15, -0.1) is 0 Å². The second-order valence-electron chi connectivity index (χ2n) is 7.67. The van der Waals surface area contributed by atoms with Gasteiger partial charge in [-0.25, -0.2) is 0 Å². The number of ether oxygens (including phenoxy) is 1. The Kier molecular flexibility index (Phi) is 5.44. The molecule has 2 rings (SSSR count). The highest BCUT2D eigenvalue weighted by Gasteiger charge is 2.32. The van der Waals surface area contributed by atoms with Crippen molar-refractivity contribution in [1.82, 2.24) is 10.5 Å². The molecule has 1 saturated carbocycles. The standard InChI is InChI=1S/C17H30N2O2/c1-12(2)18-10-14-7-16(21-19-14)11-20-15-6-13(3)8-17(4,5)9-15/h7,12-13,15,18H,6,8-11H2,1-5H3. The smallest absolute Gasteiger partial charge is 0.162 e. The van der Waals surface area contributed by atoms with Crippen LogP contribution >= 0.6 is 0 Å². The summed E-state index contributed by atoms with van der Waals surface area (Å²) >= 11 is 0. The Bertz CT molecular complexity index is 440. The van der Waals surface area contributed by atoms with Gasteiger partial charge < -0.3 is 14.6 Å². The lowest BCUT2D eigenvalue weighted by atomic mass is 9.71. The molecule has 0 aliphatic heterocycles. The van der Waals surface area contributed by atoms with Crippen molar-refractivity contribution in [2.45, 2.75) is 79.2 Å². The van der Waals surface area contributed by atoms with E-state index in [1.54, 1.807) is 0 Å². The maximum Gasteiger partial charge on any atom is 0.162 e. The van der Waals surface area contributed by atoms with Gasteiger partial charge in [0, 0.05) is 18.7 Å². The van der Waals surface area contributed by atoms with Crippen molar-refractivity contribution in [1.29, 1.82) is 0 Å². The Morgan fingerprint density at radius 2 is 2.19 bits per heavy atom. The quantitative estimate of drug-likeness (QED) is 0.864. The number of rotatable bonds is 6. The topological polar surface area (TPSA) is 47.3 Å². The molecule has 1 aromatic rings. The first-order valence-corrected chi connectivity index (χ1v) is 8.13. The van der Waals surface area contributed by atoms with Crippen LogP contribution < -0.4 is 5.32 Å². The third kappa shape index (κ3) is 5.44. The van der Waals surface area contributed by atoms with E-state index in [9.17, 15) is 0 Å². The molecule has 1 aromatic heterocycles. The highest BCUT2D eigenvalue weighted by Crippen LogP contribution is 2.39. The van der Waals surface area contributed by atoms with Crippen molar-refractivity contribution in [3.63, 3.8) is 0 Å². The van der Waals surface area contributed by atoms with Crippen molar-refractivity contribution in [2.24, 2.45) is 11.3 Å². The molecule has 4 nitrogen and oxygen atoms in total. The number of hydrogen-bond donors (Lipinski definition) is 1. The fourth-order valence-electron chi connectivity index (χ4n) is 3.40. The van der Waals surface area contributed by atoms with Gasteiger partial charge in [0.1, 0.15) is 6.61 Å². The van der Waals surface area contributed by atoms with E-state index in [1.807, 2.05) is 6.07 Å². The monoisotopic (exact) mass is 294 g/mol. The fraction of sp³-hybridized carbons (Fsp3) is 0.824. The van der Waals surface area contributed by atoms with Crippen molar-refractivity contribution >= 4 is 0 Å². The molecule has 1 aliphatic rings. The highest BCUT2D eigenvalue weighted by atomic mass is 16.5. The summed E-state index contributed by atoms with van der Waals surface area (Å²) in [6, 6.07) is 2.44. The number of nitrogens with one attached hydrogen (secondary N) is 1. The molecule has 120 valence electrons. The lowest BCUT2D eigenvalue weighted by Crippen LogP contribution is -2.32. The van der Waals surface area contributed by atoms with Crippen LogP contribution in [0.25, 0.3) is 0 Å². The molecule has 0 radical (unpaired) electrons. The largest absolute Gasteiger partial charge is 0.370 e. The van der Waals surface area contributed by atoms with Crippen LogP contribution in [0.15, 0.2) is 10.6 Å². The van der Waals surface area contributed by atoms with Gasteiger partial charge in [-0.1, -0.05) is 39.8 Å². The summed E-state index contributed by atoms with van der Waals surface area (Å²) in [5, 5.41) is 7.41.